The average Bonchev–Trinajstić information content (AvgIpc) is 2.69. The highest BCUT2D eigenvalue weighted by molar-refractivity contribution is 5.76. The minimum Gasteiger partial charge on any atom is -0.465 e. The van der Waals surface area contributed by atoms with Crippen LogP contribution in [0.5, 0.6) is 0 Å². The first-order valence-corrected chi connectivity index (χ1v) is 11.9. The highest BCUT2D eigenvalue weighted by Gasteiger charge is 2.32. The zero-order chi connectivity index (χ0) is 20.6. The topological polar surface area (TPSA) is 52.6 Å². The smallest absolute Gasteiger partial charge is 0.308 e. The normalized spacial score (nSPS) is 19.6. The number of hydrogen-bond donors (Lipinski definition) is 0. The third-order valence-electron chi connectivity index (χ3n) is 5.75. The SMILES string of the molecule is CCCCCCCCCOC(=O)C1CCCC(C(=O)OCCCCC(C)C)C1. The molecule has 0 aliphatic heterocycles. The molecule has 4 nitrogen and oxygen atoms in total. The van der Waals surface area contributed by atoms with Crippen molar-refractivity contribution >= 4 is 11.9 Å². The van der Waals surface area contributed by atoms with Crippen LogP contribution in [0.4, 0.5) is 0 Å². The van der Waals surface area contributed by atoms with Gasteiger partial charge in [-0.2, -0.15) is 0 Å². The Morgan fingerprint density at radius 2 is 1.29 bits per heavy atom. The number of ether oxygens (including phenoxy) is 2. The fourth-order valence-corrected chi connectivity index (χ4v) is 3.91. The molecule has 0 amide bonds. The molecule has 164 valence electrons. The number of rotatable bonds is 15. The van der Waals surface area contributed by atoms with Gasteiger partial charge in [-0.05, 0) is 44.4 Å². The number of unbranched alkanes of at least 4 members (excludes halogenated alkanes) is 7. The maximum atomic E-state index is 12.3. The van der Waals surface area contributed by atoms with Crippen molar-refractivity contribution in [3.05, 3.63) is 0 Å². The molecule has 0 aromatic rings. The molecule has 1 aliphatic carbocycles. The highest BCUT2D eigenvalue weighted by atomic mass is 16.5. The molecule has 2 unspecified atom stereocenters. The predicted molar refractivity (Wildman–Crippen MR) is 114 cm³/mol. The molecular weight excluding hydrogens is 352 g/mol. The summed E-state index contributed by atoms with van der Waals surface area (Å²) in [6.45, 7) is 7.67. The van der Waals surface area contributed by atoms with Crippen LogP contribution in [0.15, 0.2) is 0 Å². The second-order valence-electron chi connectivity index (χ2n) is 8.91. The van der Waals surface area contributed by atoms with E-state index in [1.807, 2.05) is 0 Å². The van der Waals surface area contributed by atoms with E-state index < -0.39 is 0 Å². The molecule has 0 aromatic carbocycles. The minimum absolute atomic E-state index is 0.111. The maximum absolute atomic E-state index is 12.3. The van der Waals surface area contributed by atoms with Crippen molar-refractivity contribution in [2.24, 2.45) is 17.8 Å². The van der Waals surface area contributed by atoms with E-state index in [1.54, 1.807) is 0 Å². The summed E-state index contributed by atoms with van der Waals surface area (Å²) >= 11 is 0. The van der Waals surface area contributed by atoms with E-state index in [2.05, 4.69) is 20.8 Å². The molecule has 0 radical (unpaired) electrons. The first-order valence-electron chi connectivity index (χ1n) is 11.9. The van der Waals surface area contributed by atoms with Gasteiger partial charge in [0.25, 0.3) is 0 Å². The molecule has 0 spiro atoms. The number of carbonyl (C=O) groups is 2. The highest BCUT2D eigenvalue weighted by Crippen LogP contribution is 2.31. The van der Waals surface area contributed by atoms with E-state index in [9.17, 15) is 9.59 Å². The lowest BCUT2D eigenvalue weighted by Gasteiger charge is -2.26. The molecule has 0 heterocycles. The molecule has 1 rings (SSSR count). The van der Waals surface area contributed by atoms with Crippen molar-refractivity contribution in [2.75, 3.05) is 13.2 Å². The molecule has 0 saturated heterocycles. The van der Waals surface area contributed by atoms with E-state index in [0.29, 0.717) is 25.6 Å². The maximum Gasteiger partial charge on any atom is 0.308 e. The Balaban J connectivity index is 2.14. The zero-order valence-electron chi connectivity index (χ0n) is 18.7. The minimum atomic E-state index is -0.130. The molecule has 1 saturated carbocycles. The van der Waals surface area contributed by atoms with Crippen LogP contribution in [-0.4, -0.2) is 25.2 Å². The number of esters is 2. The first-order chi connectivity index (χ1) is 13.5. The van der Waals surface area contributed by atoms with Gasteiger partial charge >= 0.3 is 11.9 Å². The van der Waals surface area contributed by atoms with Crippen molar-refractivity contribution in [1.29, 1.82) is 0 Å². The van der Waals surface area contributed by atoms with Crippen LogP contribution in [0.2, 0.25) is 0 Å². The average molecular weight is 397 g/mol. The van der Waals surface area contributed by atoms with Crippen LogP contribution in [-0.2, 0) is 19.1 Å². The summed E-state index contributed by atoms with van der Waals surface area (Å²) in [4.78, 5) is 24.6. The molecular formula is C24H44O4. The van der Waals surface area contributed by atoms with Gasteiger partial charge in [0.2, 0.25) is 0 Å². The Labute approximate surface area is 173 Å². The fourth-order valence-electron chi connectivity index (χ4n) is 3.91. The molecule has 0 aromatic heterocycles. The molecule has 2 atom stereocenters. The number of hydrogen-bond acceptors (Lipinski definition) is 4. The van der Waals surface area contributed by atoms with Gasteiger partial charge in [-0.1, -0.05) is 72.1 Å². The Bertz CT molecular complexity index is 419. The molecule has 4 heteroatoms. The van der Waals surface area contributed by atoms with Gasteiger partial charge < -0.3 is 9.47 Å². The van der Waals surface area contributed by atoms with Gasteiger partial charge in [-0.3, -0.25) is 9.59 Å². The van der Waals surface area contributed by atoms with Gasteiger partial charge in [0, 0.05) is 0 Å². The molecule has 1 aliphatic rings. The summed E-state index contributed by atoms with van der Waals surface area (Å²) in [7, 11) is 0. The van der Waals surface area contributed by atoms with E-state index >= 15 is 0 Å². The van der Waals surface area contributed by atoms with Crippen molar-refractivity contribution in [1.82, 2.24) is 0 Å². The summed E-state index contributed by atoms with van der Waals surface area (Å²) in [5.74, 6) is 0.211. The summed E-state index contributed by atoms with van der Waals surface area (Å²) in [6, 6.07) is 0. The molecule has 0 N–H and O–H groups in total. The van der Waals surface area contributed by atoms with Crippen molar-refractivity contribution in [2.45, 2.75) is 111 Å². The van der Waals surface area contributed by atoms with Crippen LogP contribution in [0.1, 0.15) is 111 Å². The van der Waals surface area contributed by atoms with Gasteiger partial charge in [0.15, 0.2) is 0 Å². The molecule has 1 fully saturated rings. The van der Waals surface area contributed by atoms with Crippen molar-refractivity contribution in [3.8, 4) is 0 Å². The second kappa shape index (κ2) is 15.8. The lowest BCUT2D eigenvalue weighted by molar-refractivity contribution is -0.155. The summed E-state index contributed by atoms with van der Waals surface area (Å²) in [5, 5.41) is 0. The van der Waals surface area contributed by atoms with Crippen LogP contribution in [0.3, 0.4) is 0 Å². The lowest BCUT2D eigenvalue weighted by Crippen LogP contribution is -2.30. The van der Waals surface area contributed by atoms with Crippen molar-refractivity contribution < 1.29 is 19.1 Å². The first kappa shape index (κ1) is 25.0. The summed E-state index contributed by atoms with van der Waals surface area (Å²) < 4.78 is 10.9. The van der Waals surface area contributed by atoms with Crippen LogP contribution in [0, 0.1) is 17.8 Å². The van der Waals surface area contributed by atoms with Crippen LogP contribution in [0.25, 0.3) is 0 Å². The fraction of sp³-hybridized carbons (Fsp3) is 0.917. The Hall–Kier alpha value is -1.06. The molecule has 0 bridgehead atoms. The summed E-state index contributed by atoms with van der Waals surface area (Å²) in [5.41, 5.74) is 0. The second-order valence-corrected chi connectivity index (χ2v) is 8.91. The van der Waals surface area contributed by atoms with Crippen LogP contribution < -0.4 is 0 Å². The number of carbonyl (C=O) groups excluding carboxylic acids is 2. The van der Waals surface area contributed by atoms with E-state index in [0.717, 1.165) is 44.9 Å². The monoisotopic (exact) mass is 396 g/mol. The van der Waals surface area contributed by atoms with E-state index in [4.69, 9.17) is 9.47 Å². The van der Waals surface area contributed by atoms with Gasteiger partial charge in [-0.15, -0.1) is 0 Å². The quantitative estimate of drug-likeness (QED) is 0.235. The zero-order valence-corrected chi connectivity index (χ0v) is 18.7. The Morgan fingerprint density at radius 3 is 1.82 bits per heavy atom. The largest absolute Gasteiger partial charge is 0.465 e. The lowest BCUT2D eigenvalue weighted by atomic mass is 9.81. The van der Waals surface area contributed by atoms with Crippen molar-refractivity contribution in [3.63, 3.8) is 0 Å². The van der Waals surface area contributed by atoms with Gasteiger partial charge in [0.05, 0.1) is 25.0 Å². The molecule has 28 heavy (non-hydrogen) atoms. The Morgan fingerprint density at radius 1 is 0.786 bits per heavy atom. The predicted octanol–water partition coefficient (Wildman–Crippen LogP) is 6.46. The summed E-state index contributed by atoms with van der Waals surface area (Å²) in [6.07, 6.45) is 14.9. The van der Waals surface area contributed by atoms with E-state index in [1.165, 1.54) is 38.5 Å². The van der Waals surface area contributed by atoms with Gasteiger partial charge in [-0.25, -0.2) is 0 Å². The van der Waals surface area contributed by atoms with Crippen LogP contribution >= 0.6 is 0 Å². The third kappa shape index (κ3) is 11.7. The third-order valence-corrected chi connectivity index (χ3v) is 5.75. The van der Waals surface area contributed by atoms with E-state index in [-0.39, 0.29) is 23.8 Å². The Kier molecular flexibility index (Phi) is 14.1. The van der Waals surface area contributed by atoms with Gasteiger partial charge in [0.1, 0.15) is 0 Å². The standard InChI is InChI=1S/C24H44O4/c1-4-5-6-7-8-9-11-17-27-23(25)21-15-13-16-22(19-21)24(26)28-18-12-10-14-20(2)3/h20-22H,4-19H2,1-3H3.